The number of rotatable bonds is 1. The van der Waals surface area contributed by atoms with E-state index in [9.17, 15) is 4.79 Å². The van der Waals surface area contributed by atoms with Gasteiger partial charge < -0.3 is 15.1 Å². The summed E-state index contributed by atoms with van der Waals surface area (Å²) in [5, 5.41) is 11.3. The number of aromatic nitrogens is 2. The van der Waals surface area contributed by atoms with Gasteiger partial charge in [-0.3, -0.25) is 0 Å². The fraction of sp³-hybridized carbons (Fsp3) is 0.643. The molecule has 0 unspecified atom stereocenters. The standard InChI is InChI=1S/C14H23N5O/c1-11-5-6-12(17-16-11)18-7-9-19(10-8-18)13(20)15-14(2,3)4/h5-6H,7-10H2,1-4H3,(H,15,20). The minimum atomic E-state index is -0.198. The summed E-state index contributed by atoms with van der Waals surface area (Å²) in [5.41, 5.74) is 0.716. The van der Waals surface area contributed by atoms with E-state index in [1.807, 2.05) is 44.7 Å². The number of hydrogen-bond acceptors (Lipinski definition) is 4. The van der Waals surface area contributed by atoms with Crippen LogP contribution in [0.25, 0.3) is 0 Å². The van der Waals surface area contributed by atoms with Crippen molar-refractivity contribution in [1.29, 1.82) is 0 Å². The van der Waals surface area contributed by atoms with Crippen molar-refractivity contribution in [3.05, 3.63) is 17.8 Å². The van der Waals surface area contributed by atoms with E-state index >= 15 is 0 Å². The first-order chi connectivity index (χ1) is 9.35. The van der Waals surface area contributed by atoms with Crippen LogP contribution < -0.4 is 10.2 Å². The summed E-state index contributed by atoms with van der Waals surface area (Å²) < 4.78 is 0. The molecule has 0 aliphatic carbocycles. The largest absolute Gasteiger partial charge is 0.352 e. The van der Waals surface area contributed by atoms with E-state index in [4.69, 9.17) is 0 Å². The topological polar surface area (TPSA) is 61.4 Å². The van der Waals surface area contributed by atoms with Gasteiger partial charge in [-0.05, 0) is 39.8 Å². The second kappa shape index (κ2) is 5.64. The fourth-order valence-corrected chi connectivity index (χ4v) is 2.10. The van der Waals surface area contributed by atoms with Crippen molar-refractivity contribution in [3.8, 4) is 0 Å². The van der Waals surface area contributed by atoms with Crippen molar-refractivity contribution in [3.63, 3.8) is 0 Å². The SMILES string of the molecule is Cc1ccc(N2CCN(C(=O)NC(C)(C)C)CC2)nn1. The number of hydrogen-bond donors (Lipinski definition) is 1. The normalized spacial score (nSPS) is 16.2. The molecule has 0 atom stereocenters. The Morgan fingerprint density at radius 2 is 1.80 bits per heavy atom. The van der Waals surface area contributed by atoms with Crippen LogP contribution in [0.15, 0.2) is 12.1 Å². The second-order valence-corrected chi connectivity index (χ2v) is 6.19. The molecule has 6 nitrogen and oxygen atoms in total. The molecule has 110 valence electrons. The number of carbonyl (C=O) groups excluding carboxylic acids is 1. The van der Waals surface area contributed by atoms with Gasteiger partial charge in [0.05, 0.1) is 5.69 Å². The van der Waals surface area contributed by atoms with Crippen molar-refractivity contribution in [2.24, 2.45) is 0 Å². The van der Waals surface area contributed by atoms with E-state index in [2.05, 4.69) is 20.4 Å². The van der Waals surface area contributed by atoms with Crippen LogP contribution in [-0.2, 0) is 0 Å². The lowest BCUT2D eigenvalue weighted by atomic mass is 10.1. The first-order valence-electron chi connectivity index (χ1n) is 6.97. The number of carbonyl (C=O) groups is 1. The lowest BCUT2D eigenvalue weighted by Crippen LogP contribution is -2.55. The van der Waals surface area contributed by atoms with Crippen molar-refractivity contribution in [1.82, 2.24) is 20.4 Å². The highest BCUT2D eigenvalue weighted by molar-refractivity contribution is 5.75. The van der Waals surface area contributed by atoms with E-state index in [1.54, 1.807) is 0 Å². The van der Waals surface area contributed by atoms with Crippen molar-refractivity contribution in [2.75, 3.05) is 31.1 Å². The molecule has 20 heavy (non-hydrogen) atoms. The fourth-order valence-electron chi connectivity index (χ4n) is 2.10. The molecule has 0 radical (unpaired) electrons. The van der Waals surface area contributed by atoms with E-state index in [-0.39, 0.29) is 11.6 Å². The van der Waals surface area contributed by atoms with E-state index in [0.717, 1.165) is 24.6 Å². The predicted molar refractivity (Wildman–Crippen MR) is 78.8 cm³/mol. The molecule has 1 saturated heterocycles. The summed E-state index contributed by atoms with van der Waals surface area (Å²) in [5.74, 6) is 0.881. The zero-order valence-corrected chi connectivity index (χ0v) is 12.7. The maximum atomic E-state index is 12.1. The van der Waals surface area contributed by atoms with Crippen LogP contribution in [0.5, 0.6) is 0 Å². The minimum Gasteiger partial charge on any atom is -0.352 e. The molecule has 1 aromatic rings. The molecule has 0 spiro atoms. The molecular formula is C14H23N5O. The van der Waals surface area contributed by atoms with Crippen molar-refractivity contribution >= 4 is 11.8 Å². The number of piperazine rings is 1. The first-order valence-corrected chi connectivity index (χ1v) is 6.97. The van der Waals surface area contributed by atoms with Gasteiger partial charge in [0.15, 0.2) is 5.82 Å². The van der Waals surface area contributed by atoms with E-state index in [1.165, 1.54) is 0 Å². The zero-order valence-electron chi connectivity index (χ0n) is 12.7. The Bertz CT molecular complexity index is 457. The molecule has 1 aromatic heterocycles. The monoisotopic (exact) mass is 277 g/mol. The van der Waals surface area contributed by atoms with Crippen LogP contribution in [0.3, 0.4) is 0 Å². The highest BCUT2D eigenvalue weighted by Gasteiger charge is 2.24. The number of aryl methyl sites for hydroxylation is 1. The van der Waals surface area contributed by atoms with E-state index in [0.29, 0.717) is 13.1 Å². The molecule has 1 aliphatic heterocycles. The van der Waals surface area contributed by atoms with Gasteiger partial charge in [-0.15, -0.1) is 5.10 Å². The van der Waals surface area contributed by atoms with Gasteiger partial charge in [-0.1, -0.05) is 0 Å². The molecule has 2 amide bonds. The van der Waals surface area contributed by atoms with Crippen molar-refractivity contribution < 1.29 is 4.79 Å². The van der Waals surface area contributed by atoms with Crippen LogP contribution in [0.2, 0.25) is 0 Å². The van der Waals surface area contributed by atoms with Crippen LogP contribution in [0.1, 0.15) is 26.5 Å². The Balaban J connectivity index is 1.89. The average Bonchev–Trinajstić information content (AvgIpc) is 2.38. The van der Waals surface area contributed by atoms with Gasteiger partial charge in [0.1, 0.15) is 0 Å². The Hall–Kier alpha value is -1.85. The molecule has 1 aliphatic rings. The first kappa shape index (κ1) is 14.6. The molecule has 0 bridgehead atoms. The number of nitrogens with zero attached hydrogens (tertiary/aromatic N) is 4. The molecule has 1 fully saturated rings. The van der Waals surface area contributed by atoms with Crippen LogP contribution in [0.4, 0.5) is 10.6 Å². The third kappa shape index (κ3) is 3.82. The quantitative estimate of drug-likeness (QED) is 0.843. The number of urea groups is 1. The summed E-state index contributed by atoms with van der Waals surface area (Å²) in [4.78, 5) is 16.1. The predicted octanol–water partition coefficient (Wildman–Crippen LogP) is 1.42. The van der Waals surface area contributed by atoms with Crippen molar-refractivity contribution in [2.45, 2.75) is 33.2 Å². The van der Waals surface area contributed by atoms with Gasteiger partial charge in [0, 0.05) is 31.7 Å². The third-order valence-electron chi connectivity index (χ3n) is 3.16. The number of anilines is 1. The smallest absolute Gasteiger partial charge is 0.317 e. The average molecular weight is 277 g/mol. The number of amides is 2. The Morgan fingerprint density at radius 3 is 2.30 bits per heavy atom. The molecule has 1 N–H and O–H groups in total. The molecule has 6 heteroatoms. The lowest BCUT2D eigenvalue weighted by molar-refractivity contribution is 0.185. The van der Waals surface area contributed by atoms with Gasteiger partial charge >= 0.3 is 6.03 Å². The van der Waals surface area contributed by atoms with E-state index < -0.39 is 0 Å². The maximum absolute atomic E-state index is 12.1. The third-order valence-corrected chi connectivity index (χ3v) is 3.16. The Kier molecular flexibility index (Phi) is 4.11. The van der Waals surface area contributed by atoms with Gasteiger partial charge in [-0.2, -0.15) is 5.10 Å². The highest BCUT2D eigenvalue weighted by Crippen LogP contribution is 2.13. The molecule has 0 aromatic carbocycles. The summed E-state index contributed by atoms with van der Waals surface area (Å²) in [6.45, 7) is 10.9. The molecular weight excluding hydrogens is 254 g/mol. The highest BCUT2D eigenvalue weighted by atomic mass is 16.2. The Morgan fingerprint density at radius 1 is 1.15 bits per heavy atom. The van der Waals surface area contributed by atoms with Crippen LogP contribution in [-0.4, -0.2) is 52.8 Å². The van der Waals surface area contributed by atoms with Gasteiger partial charge in [-0.25, -0.2) is 4.79 Å². The second-order valence-electron chi connectivity index (χ2n) is 6.19. The summed E-state index contributed by atoms with van der Waals surface area (Å²) in [6.07, 6.45) is 0. The van der Waals surface area contributed by atoms with Crippen LogP contribution >= 0.6 is 0 Å². The molecule has 0 saturated carbocycles. The zero-order chi connectivity index (χ0) is 14.8. The van der Waals surface area contributed by atoms with Gasteiger partial charge in [0.2, 0.25) is 0 Å². The summed E-state index contributed by atoms with van der Waals surface area (Å²) in [7, 11) is 0. The summed E-state index contributed by atoms with van der Waals surface area (Å²) in [6, 6.07) is 3.95. The number of nitrogens with one attached hydrogen (secondary N) is 1. The minimum absolute atomic E-state index is 0.00661. The maximum Gasteiger partial charge on any atom is 0.317 e. The summed E-state index contributed by atoms with van der Waals surface area (Å²) >= 11 is 0. The van der Waals surface area contributed by atoms with Gasteiger partial charge in [0.25, 0.3) is 0 Å². The molecule has 2 heterocycles. The lowest BCUT2D eigenvalue weighted by Gasteiger charge is -2.36. The molecule has 2 rings (SSSR count). The van der Waals surface area contributed by atoms with Crippen LogP contribution in [0, 0.1) is 6.92 Å². The Labute approximate surface area is 120 Å².